The minimum atomic E-state index is 0.871. The van der Waals surface area contributed by atoms with Crippen LogP contribution in [0.5, 0.6) is 5.75 Å². The molecule has 90 valence electrons. The lowest BCUT2D eigenvalue weighted by Gasteiger charge is -2.19. The van der Waals surface area contributed by atoms with Crippen LogP contribution in [0.25, 0.3) is 0 Å². The molecular formula is C13H22N2O. The zero-order valence-electron chi connectivity index (χ0n) is 10.9. The summed E-state index contributed by atoms with van der Waals surface area (Å²) in [5.74, 6) is 1.01. The Morgan fingerprint density at radius 3 is 2.56 bits per heavy atom. The molecule has 0 saturated heterocycles. The number of hydrogen-bond donors (Lipinski definition) is 1. The smallest absolute Gasteiger partial charge is 0.126 e. The fourth-order valence-electron chi connectivity index (χ4n) is 2.07. The van der Waals surface area contributed by atoms with Crippen molar-refractivity contribution in [3.05, 3.63) is 28.8 Å². The normalized spacial score (nSPS) is 10.9. The number of methoxy groups -OCH3 is 1. The molecule has 0 atom stereocenters. The number of aryl methyl sites for hydroxylation is 2. The average Bonchev–Trinajstić information content (AvgIpc) is 2.17. The number of nitrogens with zero attached hydrogens (tertiary/aromatic N) is 1. The highest BCUT2D eigenvalue weighted by Gasteiger charge is 2.09. The van der Waals surface area contributed by atoms with Crippen LogP contribution >= 0.6 is 0 Å². The van der Waals surface area contributed by atoms with Gasteiger partial charge in [-0.25, -0.2) is 0 Å². The molecule has 0 amide bonds. The molecule has 0 aliphatic heterocycles. The lowest BCUT2D eigenvalue weighted by atomic mass is 10.1. The molecule has 0 unspecified atom stereocenters. The van der Waals surface area contributed by atoms with Crippen LogP contribution < -0.4 is 10.1 Å². The van der Waals surface area contributed by atoms with E-state index >= 15 is 0 Å². The summed E-state index contributed by atoms with van der Waals surface area (Å²) in [5.41, 5.74) is 3.74. The lowest BCUT2D eigenvalue weighted by molar-refractivity contribution is 0.302. The maximum atomic E-state index is 5.46. The molecule has 0 bridgehead atoms. The molecule has 0 spiro atoms. The van der Waals surface area contributed by atoms with E-state index < -0.39 is 0 Å². The number of nitrogens with one attached hydrogen (secondary N) is 1. The Hall–Kier alpha value is -1.06. The summed E-state index contributed by atoms with van der Waals surface area (Å²) in [4.78, 5) is 2.22. The molecule has 0 aliphatic carbocycles. The second-order valence-corrected chi connectivity index (χ2v) is 4.30. The van der Waals surface area contributed by atoms with E-state index in [0.717, 1.165) is 19.0 Å². The van der Waals surface area contributed by atoms with Gasteiger partial charge in [-0.05, 0) is 33.5 Å². The van der Waals surface area contributed by atoms with Crippen molar-refractivity contribution in [3.63, 3.8) is 0 Å². The Morgan fingerprint density at radius 2 is 2.00 bits per heavy atom. The number of hydrogen-bond acceptors (Lipinski definition) is 3. The van der Waals surface area contributed by atoms with Crippen molar-refractivity contribution in [1.29, 1.82) is 0 Å². The third-order valence-electron chi connectivity index (χ3n) is 2.57. The SMILES string of the molecule is CNCN(C)Cc1cc(C)cc(C)c1OC. The van der Waals surface area contributed by atoms with Gasteiger partial charge in [-0.1, -0.05) is 17.7 Å². The average molecular weight is 222 g/mol. The second kappa shape index (κ2) is 5.87. The summed E-state index contributed by atoms with van der Waals surface area (Å²) < 4.78 is 5.46. The number of benzene rings is 1. The van der Waals surface area contributed by atoms with Crippen molar-refractivity contribution in [2.24, 2.45) is 0 Å². The first-order valence-corrected chi connectivity index (χ1v) is 5.55. The fourth-order valence-corrected chi connectivity index (χ4v) is 2.07. The van der Waals surface area contributed by atoms with Gasteiger partial charge in [-0.2, -0.15) is 0 Å². The molecular weight excluding hydrogens is 200 g/mol. The lowest BCUT2D eigenvalue weighted by Crippen LogP contribution is -2.28. The Morgan fingerprint density at radius 1 is 1.31 bits per heavy atom. The van der Waals surface area contributed by atoms with Gasteiger partial charge in [-0.3, -0.25) is 4.90 Å². The minimum Gasteiger partial charge on any atom is -0.496 e. The number of ether oxygens (including phenoxy) is 1. The van der Waals surface area contributed by atoms with Crippen LogP contribution in [-0.2, 0) is 6.54 Å². The van der Waals surface area contributed by atoms with Crippen LogP contribution in [-0.4, -0.2) is 32.8 Å². The molecule has 0 heterocycles. The van der Waals surface area contributed by atoms with Gasteiger partial charge < -0.3 is 10.1 Å². The van der Waals surface area contributed by atoms with Gasteiger partial charge in [0.1, 0.15) is 5.75 Å². The molecule has 1 rings (SSSR count). The van der Waals surface area contributed by atoms with Gasteiger partial charge in [0.2, 0.25) is 0 Å². The summed E-state index contributed by atoms with van der Waals surface area (Å²) in [5, 5.41) is 3.14. The molecule has 1 aromatic carbocycles. The van der Waals surface area contributed by atoms with Crippen molar-refractivity contribution in [3.8, 4) is 5.75 Å². The van der Waals surface area contributed by atoms with E-state index in [9.17, 15) is 0 Å². The largest absolute Gasteiger partial charge is 0.496 e. The van der Waals surface area contributed by atoms with Crippen molar-refractivity contribution in [2.45, 2.75) is 20.4 Å². The molecule has 1 N–H and O–H groups in total. The summed E-state index contributed by atoms with van der Waals surface area (Å²) in [7, 11) is 5.78. The van der Waals surface area contributed by atoms with Crippen molar-refractivity contribution < 1.29 is 4.74 Å². The van der Waals surface area contributed by atoms with Crippen LogP contribution in [0.1, 0.15) is 16.7 Å². The summed E-state index contributed by atoms with van der Waals surface area (Å²) in [6, 6.07) is 4.35. The van der Waals surface area contributed by atoms with Gasteiger partial charge in [0, 0.05) is 18.8 Å². The van der Waals surface area contributed by atoms with Gasteiger partial charge >= 0.3 is 0 Å². The van der Waals surface area contributed by atoms with Crippen LogP contribution in [0.3, 0.4) is 0 Å². The van der Waals surface area contributed by atoms with E-state index in [0.29, 0.717) is 0 Å². The first-order valence-electron chi connectivity index (χ1n) is 5.55. The zero-order chi connectivity index (χ0) is 12.1. The highest BCUT2D eigenvalue weighted by Crippen LogP contribution is 2.25. The maximum absolute atomic E-state index is 5.46. The van der Waals surface area contributed by atoms with Gasteiger partial charge in [0.25, 0.3) is 0 Å². The maximum Gasteiger partial charge on any atom is 0.126 e. The monoisotopic (exact) mass is 222 g/mol. The van der Waals surface area contributed by atoms with Crippen LogP contribution in [0.2, 0.25) is 0 Å². The molecule has 3 nitrogen and oxygen atoms in total. The van der Waals surface area contributed by atoms with Crippen LogP contribution in [0, 0.1) is 13.8 Å². The van der Waals surface area contributed by atoms with E-state index in [-0.39, 0.29) is 0 Å². The van der Waals surface area contributed by atoms with Crippen LogP contribution in [0.4, 0.5) is 0 Å². The third-order valence-corrected chi connectivity index (χ3v) is 2.57. The molecule has 0 fully saturated rings. The van der Waals surface area contributed by atoms with E-state index in [2.05, 4.69) is 43.2 Å². The standard InChI is InChI=1S/C13H22N2O/c1-10-6-11(2)13(16-5)12(7-10)8-15(4)9-14-3/h6-7,14H,8-9H2,1-5H3. The Balaban J connectivity index is 2.93. The Bertz CT molecular complexity index is 350. The van der Waals surface area contributed by atoms with E-state index in [1.165, 1.54) is 16.7 Å². The molecule has 3 heteroatoms. The third kappa shape index (κ3) is 3.22. The van der Waals surface area contributed by atoms with Crippen LogP contribution in [0.15, 0.2) is 12.1 Å². The molecule has 16 heavy (non-hydrogen) atoms. The molecule has 0 saturated carbocycles. The summed E-state index contributed by atoms with van der Waals surface area (Å²) >= 11 is 0. The molecule has 1 aromatic rings. The van der Waals surface area contributed by atoms with Crippen molar-refractivity contribution >= 4 is 0 Å². The first kappa shape index (κ1) is 13.0. The summed E-state index contributed by atoms with van der Waals surface area (Å²) in [6.45, 7) is 5.98. The fraction of sp³-hybridized carbons (Fsp3) is 0.538. The highest BCUT2D eigenvalue weighted by molar-refractivity contribution is 5.43. The Kier molecular flexibility index (Phi) is 4.77. The summed E-state index contributed by atoms with van der Waals surface area (Å²) in [6.07, 6.45) is 0. The minimum absolute atomic E-state index is 0.871. The van der Waals surface area contributed by atoms with E-state index in [1.807, 2.05) is 7.05 Å². The van der Waals surface area contributed by atoms with Gasteiger partial charge in [0.15, 0.2) is 0 Å². The quantitative estimate of drug-likeness (QED) is 0.770. The second-order valence-electron chi connectivity index (χ2n) is 4.30. The van der Waals surface area contributed by atoms with Gasteiger partial charge in [0.05, 0.1) is 7.11 Å². The molecule has 0 aliphatic rings. The van der Waals surface area contributed by atoms with Gasteiger partial charge in [-0.15, -0.1) is 0 Å². The zero-order valence-corrected chi connectivity index (χ0v) is 10.9. The highest BCUT2D eigenvalue weighted by atomic mass is 16.5. The van der Waals surface area contributed by atoms with Crippen molar-refractivity contribution in [2.75, 3.05) is 27.9 Å². The number of rotatable bonds is 5. The Labute approximate surface area is 98.4 Å². The molecule has 0 aromatic heterocycles. The topological polar surface area (TPSA) is 24.5 Å². The first-order chi connectivity index (χ1) is 7.58. The van der Waals surface area contributed by atoms with Crippen molar-refractivity contribution in [1.82, 2.24) is 10.2 Å². The predicted molar refractivity (Wildman–Crippen MR) is 67.9 cm³/mol. The predicted octanol–water partition coefficient (Wildman–Crippen LogP) is 1.92. The molecule has 0 radical (unpaired) electrons. The van der Waals surface area contributed by atoms with E-state index in [1.54, 1.807) is 7.11 Å². The van der Waals surface area contributed by atoms with E-state index in [4.69, 9.17) is 4.74 Å².